The van der Waals surface area contributed by atoms with E-state index in [9.17, 15) is 4.79 Å². The largest absolute Gasteiger partial charge is 0.369 e. The van der Waals surface area contributed by atoms with Crippen LogP contribution in [0.3, 0.4) is 0 Å². The molecular weight excluding hydrogens is 372 g/mol. The summed E-state index contributed by atoms with van der Waals surface area (Å²) in [5.41, 5.74) is 3.58. The van der Waals surface area contributed by atoms with Gasteiger partial charge in [0.15, 0.2) is 0 Å². The van der Waals surface area contributed by atoms with E-state index in [0.29, 0.717) is 5.69 Å². The number of para-hydroxylation sites is 2. The molecule has 2 aromatic carbocycles. The van der Waals surface area contributed by atoms with Crippen molar-refractivity contribution >= 4 is 28.3 Å². The first-order valence-electron chi connectivity index (χ1n) is 9.81. The van der Waals surface area contributed by atoms with Crippen molar-refractivity contribution in [1.82, 2.24) is 14.5 Å². The third kappa shape index (κ3) is 4.05. The molecule has 146 valence electrons. The fourth-order valence-corrected chi connectivity index (χ4v) is 4.08. The highest BCUT2D eigenvalue weighted by Crippen LogP contribution is 2.21. The van der Waals surface area contributed by atoms with Crippen LogP contribution in [0.1, 0.15) is 12.1 Å². The van der Waals surface area contributed by atoms with Crippen LogP contribution in [0.2, 0.25) is 5.02 Å². The molecule has 0 unspecified atom stereocenters. The second-order valence-corrected chi connectivity index (χ2v) is 7.74. The van der Waals surface area contributed by atoms with Crippen molar-refractivity contribution < 1.29 is 0 Å². The lowest BCUT2D eigenvalue weighted by molar-refractivity contribution is 0.250. The van der Waals surface area contributed by atoms with Gasteiger partial charge in [-0.15, -0.1) is 0 Å². The van der Waals surface area contributed by atoms with Crippen molar-refractivity contribution in [1.29, 1.82) is 0 Å². The molecular formula is C22H25ClN4O. The first-order valence-corrected chi connectivity index (χ1v) is 10.2. The number of aromatic nitrogens is 2. The number of benzene rings is 2. The number of piperazine rings is 1. The van der Waals surface area contributed by atoms with Crippen LogP contribution in [0.4, 0.5) is 5.69 Å². The van der Waals surface area contributed by atoms with Crippen LogP contribution in [-0.2, 0) is 6.54 Å². The molecule has 0 spiro atoms. The minimum absolute atomic E-state index is 0.0180. The molecule has 1 fully saturated rings. The van der Waals surface area contributed by atoms with Gasteiger partial charge in [-0.3, -0.25) is 9.69 Å². The predicted octanol–water partition coefficient (Wildman–Crippen LogP) is 3.57. The monoisotopic (exact) mass is 396 g/mol. The molecule has 1 aliphatic rings. The number of fused-ring (bicyclic) bond motifs is 1. The van der Waals surface area contributed by atoms with Gasteiger partial charge in [0.05, 0.1) is 11.0 Å². The van der Waals surface area contributed by atoms with E-state index in [2.05, 4.69) is 20.9 Å². The Morgan fingerprint density at radius 1 is 1.00 bits per heavy atom. The lowest BCUT2D eigenvalue weighted by Crippen LogP contribution is -2.46. The standard InChI is InChI=1S/C22H25ClN4O/c1-17-22(28)27(21-9-3-2-8-20(21)24-17)11-5-10-25-12-14-26(15-13-25)19-7-4-6-18(23)16-19/h2-4,6-9,16H,5,10-15H2,1H3. The van der Waals surface area contributed by atoms with Crippen LogP contribution in [0.25, 0.3) is 11.0 Å². The van der Waals surface area contributed by atoms with Crippen molar-refractivity contribution in [3.8, 4) is 0 Å². The zero-order valence-corrected chi connectivity index (χ0v) is 16.9. The third-order valence-electron chi connectivity index (χ3n) is 5.42. The Balaban J connectivity index is 1.35. The number of rotatable bonds is 5. The van der Waals surface area contributed by atoms with Gasteiger partial charge in [-0.2, -0.15) is 0 Å². The number of aryl methyl sites for hydroxylation is 2. The van der Waals surface area contributed by atoms with Gasteiger partial charge in [0.25, 0.3) is 5.56 Å². The lowest BCUT2D eigenvalue weighted by Gasteiger charge is -2.36. The first kappa shape index (κ1) is 19.0. The quantitative estimate of drug-likeness (QED) is 0.661. The van der Waals surface area contributed by atoms with Crippen LogP contribution in [0, 0.1) is 6.92 Å². The van der Waals surface area contributed by atoms with Crippen molar-refractivity contribution in [2.75, 3.05) is 37.6 Å². The maximum absolute atomic E-state index is 12.6. The normalized spacial score (nSPS) is 15.3. The molecule has 1 aromatic heterocycles. The fourth-order valence-electron chi connectivity index (χ4n) is 3.90. The van der Waals surface area contributed by atoms with E-state index in [4.69, 9.17) is 11.6 Å². The molecule has 0 bridgehead atoms. The smallest absolute Gasteiger partial charge is 0.272 e. The molecule has 0 radical (unpaired) electrons. The molecule has 4 rings (SSSR count). The first-order chi connectivity index (χ1) is 13.6. The molecule has 0 amide bonds. The number of hydrogen-bond donors (Lipinski definition) is 0. The van der Waals surface area contributed by atoms with Crippen molar-refractivity contribution in [3.63, 3.8) is 0 Å². The van der Waals surface area contributed by atoms with Crippen LogP contribution in [0.15, 0.2) is 53.3 Å². The van der Waals surface area contributed by atoms with E-state index >= 15 is 0 Å². The minimum atomic E-state index is 0.0180. The Kier molecular flexibility index (Phi) is 5.64. The Morgan fingerprint density at radius 2 is 1.79 bits per heavy atom. The highest BCUT2D eigenvalue weighted by atomic mass is 35.5. The highest BCUT2D eigenvalue weighted by molar-refractivity contribution is 6.30. The minimum Gasteiger partial charge on any atom is -0.369 e. The average molecular weight is 397 g/mol. The van der Waals surface area contributed by atoms with E-state index in [-0.39, 0.29) is 5.56 Å². The molecule has 28 heavy (non-hydrogen) atoms. The van der Waals surface area contributed by atoms with Crippen molar-refractivity contribution in [3.05, 3.63) is 69.6 Å². The molecule has 2 heterocycles. The summed E-state index contributed by atoms with van der Waals surface area (Å²) in [6, 6.07) is 15.9. The molecule has 1 saturated heterocycles. The topological polar surface area (TPSA) is 41.4 Å². The van der Waals surface area contributed by atoms with E-state index in [1.54, 1.807) is 6.92 Å². The molecule has 3 aromatic rings. The lowest BCUT2D eigenvalue weighted by atomic mass is 10.2. The maximum Gasteiger partial charge on any atom is 0.272 e. The van der Waals surface area contributed by atoms with E-state index < -0.39 is 0 Å². The zero-order valence-electron chi connectivity index (χ0n) is 16.1. The highest BCUT2D eigenvalue weighted by Gasteiger charge is 2.17. The Morgan fingerprint density at radius 3 is 2.57 bits per heavy atom. The number of anilines is 1. The second-order valence-electron chi connectivity index (χ2n) is 7.30. The summed E-state index contributed by atoms with van der Waals surface area (Å²) in [4.78, 5) is 21.8. The molecule has 0 N–H and O–H groups in total. The van der Waals surface area contributed by atoms with Crippen molar-refractivity contribution in [2.24, 2.45) is 0 Å². The van der Waals surface area contributed by atoms with Crippen LogP contribution in [0.5, 0.6) is 0 Å². The summed E-state index contributed by atoms with van der Waals surface area (Å²) >= 11 is 6.12. The fraction of sp³-hybridized carbons (Fsp3) is 0.364. The number of hydrogen-bond acceptors (Lipinski definition) is 4. The summed E-state index contributed by atoms with van der Waals surface area (Å²) in [5.74, 6) is 0. The van der Waals surface area contributed by atoms with Gasteiger partial charge in [0.1, 0.15) is 5.69 Å². The second kappa shape index (κ2) is 8.33. The van der Waals surface area contributed by atoms with E-state index in [1.165, 1.54) is 5.69 Å². The Labute approximate surface area is 170 Å². The SMILES string of the molecule is Cc1nc2ccccc2n(CCCN2CCN(c3cccc(Cl)c3)CC2)c1=O. The van der Waals surface area contributed by atoms with Crippen LogP contribution >= 0.6 is 11.6 Å². The molecule has 0 aliphatic carbocycles. The van der Waals surface area contributed by atoms with Crippen molar-refractivity contribution in [2.45, 2.75) is 19.9 Å². The number of nitrogens with zero attached hydrogens (tertiary/aromatic N) is 4. The van der Waals surface area contributed by atoms with Gasteiger partial charge < -0.3 is 9.47 Å². The summed E-state index contributed by atoms with van der Waals surface area (Å²) in [5, 5.41) is 0.783. The third-order valence-corrected chi connectivity index (χ3v) is 5.65. The molecule has 1 aliphatic heterocycles. The summed E-state index contributed by atoms with van der Waals surface area (Å²) in [6.45, 7) is 7.55. The molecule has 0 atom stereocenters. The Bertz CT molecular complexity index is 1020. The van der Waals surface area contributed by atoms with Gasteiger partial charge >= 0.3 is 0 Å². The van der Waals surface area contributed by atoms with Crippen LogP contribution < -0.4 is 10.5 Å². The van der Waals surface area contributed by atoms with Gasteiger partial charge in [-0.25, -0.2) is 4.98 Å². The van der Waals surface area contributed by atoms with Gasteiger partial charge in [0.2, 0.25) is 0 Å². The van der Waals surface area contributed by atoms with E-state index in [1.807, 2.05) is 47.0 Å². The van der Waals surface area contributed by atoms with Gasteiger partial charge in [-0.05, 0) is 50.2 Å². The average Bonchev–Trinajstić information content (AvgIpc) is 2.71. The molecule has 6 heteroatoms. The summed E-state index contributed by atoms with van der Waals surface area (Å²) < 4.78 is 1.87. The molecule has 0 saturated carbocycles. The Hall–Kier alpha value is -2.37. The van der Waals surface area contributed by atoms with E-state index in [0.717, 1.165) is 61.7 Å². The maximum atomic E-state index is 12.6. The number of halogens is 1. The molecule has 5 nitrogen and oxygen atoms in total. The zero-order chi connectivity index (χ0) is 19.5. The van der Waals surface area contributed by atoms with Gasteiger partial charge in [0, 0.05) is 43.4 Å². The van der Waals surface area contributed by atoms with Gasteiger partial charge in [-0.1, -0.05) is 29.8 Å². The summed E-state index contributed by atoms with van der Waals surface area (Å²) in [6.07, 6.45) is 0.949. The van der Waals surface area contributed by atoms with Crippen LogP contribution in [-0.4, -0.2) is 47.2 Å². The summed E-state index contributed by atoms with van der Waals surface area (Å²) in [7, 11) is 0. The predicted molar refractivity (Wildman–Crippen MR) is 115 cm³/mol.